The van der Waals surface area contributed by atoms with Crippen LogP contribution in [0.25, 0.3) is 0 Å². The summed E-state index contributed by atoms with van der Waals surface area (Å²) in [6, 6.07) is 7.32. The zero-order chi connectivity index (χ0) is 13.1. The van der Waals surface area contributed by atoms with Crippen LogP contribution >= 0.6 is 23.2 Å². The third-order valence-corrected chi connectivity index (χ3v) is 2.73. The van der Waals surface area contributed by atoms with Crippen molar-refractivity contribution >= 4 is 34.8 Å². The molecule has 2 N–H and O–H groups in total. The molecule has 2 rings (SSSR count). The predicted octanol–water partition coefficient (Wildman–Crippen LogP) is 3.35. The number of halogens is 2. The summed E-state index contributed by atoms with van der Waals surface area (Å²) in [6.45, 7) is 0. The minimum Gasteiger partial charge on any atom is -0.508 e. The van der Waals surface area contributed by atoms with Gasteiger partial charge in [-0.25, -0.2) is 4.98 Å². The molecule has 0 bridgehead atoms. The summed E-state index contributed by atoms with van der Waals surface area (Å²) in [5.74, 6) is -0.459. The molecule has 0 unspecified atom stereocenters. The van der Waals surface area contributed by atoms with Gasteiger partial charge in [-0.15, -0.1) is 0 Å². The molecular formula is C12H8Cl2N2O2. The molecule has 0 aliphatic rings. The minimum absolute atomic E-state index is 0.0289. The van der Waals surface area contributed by atoms with Gasteiger partial charge in [-0.1, -0.05) is 23.2 Å². The lowest BCUT2D eigenvalue weighted by Crippen LogP contribution is -2.12. The largest absolute Gasteiger partial charge is 0.508 e. The lowest BCUT2D eigenvalue weighted by Gasteiger charge is -2.06. The number of benzene rings is 1. The standard InChI is InChI=1S/C12H8Cl2N2O2/c13-10-3-2-8(17)5-9(10)12(18)16-7-1-4-11(14)15-6-7/h1-6,17H,(H,16,18). The maximum Gasteiger partial charge on any atom is 0.257 e. The maximum absolute atomic E-state index is 11.9. The van der Waals surface area contributed by atoms with Gasteiger partial charge in [-0.3, -0.25) is 4.79 Å². The fourth-order valence-corrected chi connectivity index (χ4v) is 1.65. The Kier molecular flexibility index (Phi) is 3.69. The number of nitrogens with one attached hydrogen (secondary N) is 1. The third kappa shape index (κ3) is 2.91. The first kappa shape index (κ1) is 12.7. The first-order chi connectivity index (χ1) is 8.56. The number of pyridine rings is 1. The summed E-state index contributed by atoms with van der Waals surface area (Å²) in [5.41, 5.74) is 0.676. The zero-order valence-corrected chi connectivity index (χ0v) is 10.5. The van der Waals surface area contributed by atoms with Gasteiger partial charge in [-0.05, 0) is 30.3 Å². The number of hydrogen-bond donors (Lipinski definition) is 2. The van der Waals surface area contributed by atoms with Gasteiger partial charge in [-0.2, -0.15) is 0 Å². The van der Waals surface area contributed by atoms with Crippen LogP contribution in [0.2, 0.25) is 10.2 Å². The van der Waals surface area contributed by atoms with Gasteiger partial charge in [0, 0.05) is 0 Å². The molecule has 1 heterocycles. The lowest BCUT2D eigenvalue weighted by molar-refractivity contribution is 0.102. The number of amides is 1. The molecule has 0 aliphatic carbocycles. The molecule has 0 fully saturated rings. The van der Waals surface area contributed by atoms with E-state index >= 15 is 0 Å². The van der Waals surface area contributed by atoms with Crippen LogP contribution in [0.15, 0.2) is 36.5 Å². The highest BCUT2D eigenvalue weighted by Crippen LogP contribution is 2.22. The molecule has 1 aromatic carbocycles. The summed E-state index contributed by atoms with van der Waals surface area (Å²) in [6.07, 6.45) is 1.43. The van der Waals surface area contributed by atoms with Crippen LogP contribution < -0.4 is 5.32 Å². The van der Waals surface area contributed by atoms with Crippen LogP contribution in [0.5, 0.6) is 5.75 Å². The molecule has 0 aliphatic heterocycles. The number of nitrogens with zero attached hydrogens (tertiary/aromatic N) is 1. The summed E-state index contributed by atoms with van der Waals surface area (Å²) >= 11 is 11.5. The number of aromatic nitrogens is 1. The highest BCUT2D eigenvalue weighted by Gasteiger charge is 2.11. The minimum atomic E-state index is -0.431. The van der Waals surface area contributed by atoms with Crippen molar-refractivity contribution in [2.75, 3.05) is 5.32 Å². The summed E-state index contributed by atoms with van der Waals surface area (Å²) in [7, 11) is 0. The second-order valence-corrected chi connectivity index (χ2v) is 4.28. The van der Waals surface area contributed by atoms with Crippen molar-refractivity contribution in [1.82, 2.24) is 4.98 Å². The number of rotatable bonds is 2. The Morgan fingerprint density at radius 1 is 1.22 bits per heavy atom. The normalized spacial score (nSPS) is 10.1. The van der Waals surface area contributed by atoms with Crippen molar-refractivity contribution < 1.29 is 9.90 Å². The second-order valence-electron chi connectivity index (χ2n) is 3.49. The maximum atomic E-state index is 11.9. The van der Waals surface area contributed by atoms with Crippen LogP contribution in [0.3, 0.4) is 0 Å². The van der Waals surface area contributed by atoms with Gasteiger partial charge in [0.2, 0.25) is 0 Å². The van der Waals surface area contributed by atoms with Crippen molar-refractivity contribution in [2.45, 2.75) is 0 Å². The number of hydrogen-bond acceptors (Lipinski definition) is 3. The smallest absolute Gasteiger partial charge is 0.257 e. The Hall–Kier alpha value is -1.78. The van der Waals surface area contributed by atoms with E-state index in [0.717, 1.165) is 0 Å². The van der Waals surface area contributed by atoms with Gasteiger partial charge >= 0.3 is 0 Å². The van der Waals surface area contributed by atoms with Crippen LogP contribution in [-0.4, -0.2) is 16.0 Å². The second kappa shape index (κ2) is 5.25. The van der Waals surface area contributed by atoms with Crippen LogP contribution in [0.1, 0.15) is 10.4 Å². The molecule has 1 amide bonds. The van der Waals surface area contributed by atoms with Gasteiger partial charge < -0.3 is 10.4 Å². The Balaban J connectivity index is 2.21. The van der Waals surface area contributed by atoms with Crippen LogP contribution in [0, 0.1) is 0 Å². The summed E-state index contributed by atoms with van der Waals surface area (Å²) in [5, 5.41) is 12.5. The van der Waals surface area contributed by atoms with Crippen molar-refractivity contribution in [2.24, 2.45) is 0 Å². The Morgan fingerprint density at radius 3 is 2.67 bits per heavy atom. The van der Waals surface area contributed by atoms with Gasteiger partial charge in [0.25, 0.3) is 5.91 Å². The van der Waals surface area contributed by atoms with E-state index in [1.165, 1.54) is 24.4 Å². The molecule has 0 spiro atoms. The van der Waals surface area contributed by atoms with E-state index in [1.54, 1.807) is 12.1 Å². The average molecular weight is 283 g/mol. The number of carbonyl (C=O) groups is 1. The van der Waals surface area contributed by atoms with E-state index in [4.69, 9.17) is 23.2 Å². The predicted molar refractivity (Wildman–Crippen MR) is 70.3 cm³/mol. The molecular weight excluding hydrogens is 275 g/mol. The number of phenols is 1. The Labute approximate surface area is 113 Å². The number of anilines is 1. The highest BCUT2D eigenvalue weighted by molar-refractivity contribution is 6.34. The summed E-state index contributed by atoms with van der Waals surface area (Å²) < 4.78 is 0. The van der Waals surface area contributed by atoms with E-state index in [9.17, 15) is 9.90 Å². The molecule has 0 saturated carbocycles. The van der Waals surface area contributed by atoms with Gasteiger partial charge in [0.15, 0.2) is 0 Å². The fraction of sp³-hybridized carbons (Fsp3) is 0. The topological polar surface area (TPSA) is 62.2 Å². The summed E-state index contributed by atoms with van der Waals surface area (Å²) in [4.78, 5) is 15.7. The van der Waals surface area contributed by atoms with E-state index in [1.807, 2.05) is 0 Å². The Bertz CT molecular complexity index is 585. The molecule has 6 heteroatoms. The molecule has 0 saturated heterocycles. The van der Waals surface area contributed by atoms with E-state index in [-0.39, 0.29) is 16.3 Å². The van der Waals surface area contributed by atoms with E-state index in [0.29, 0.717) is 10.8 Å². The van der Waals surface area contributed by atoms with Crippen molar-refractivity contribution in [3.05, 3.63) is 52.3 Å². The average Bonchev–Trinajstić information content (AvgIpc) is 2.35. The van der Waals surface area contributed by atoms with Gasteiger partial charge in [0.1, 0.15) is 10.9 Å². The number of phenolic OH excluding ortho intramolecular Hbond substituents is 1. The monoisotopic (exact) mass is 282 g/mol. The quantitative estimate of drug-likeness (QED) is 0.831. The SMILES string of the molecule is O=C(Nc1ccc(Cl)nc1)c1cc(O)ccc1Cl. The molecule has 0 radical (unpaired) electrons. The fourth-order valence-electron chi connectivity index (χ4n) is 1.34. The van der Waals surface area contributed by atoms with Crippen molar-refractivity contribution in [3.8, 4) is 5.75 Å². The zero-order valence-electron chi connectivity index (χ0n) is 9.02. The lowest BCUT2D eigenvalue weighted by atomic mass is 10.2. The van der Waals surface area contributed by atoms with Crippen molar-refractivity contribution in [3.63, 3.8) is 0 Å². The molecule has 1 aromatic heterocycles. The Morgan fingerprint density at radius 2 is 2.00 bits per heavy atom. The van der Waals surface area contributed by atoms with Gasteiger partial charge in [0.05, 0.1) is 22.5 Å². The molecule has 2 aromatic rings. The first-order valence-corrected chi connectivity index (χ1v) is 5.73. The number of carbonyl (C=O) groups excluding carboxylic acids is 1. The molecule has 92 valence electrons. The molecule has 18 heavy (non-hydrogen) atoms. The highest BCUT2D eigenvalue weighted by atomic mass is 35.5. The first-order valence-electron chi connectivity index (χ1n) is 4.97. The number of aromatic hydroxyl groups is 1. The molecule has 0 atom stereocenters. The van der Waals surface area contributed by atoms with Crippen LogP contribution in [-0.2, 0) is 0 Å². The van der Waals surface area contributed by atoms with Crippen molar-refractivity contribution in [1.29, 1.82) is 0 Å². The van der Waals surface area contributed by atoms with E-state index < -0.39 is 5.91 Å². The third-order valence-electron chi connectivity index (χ3n) is 2.18. The van der Waals surface area contributed by atoms with E-state index in [2.05, 4.69) is 10.3 Å². The van der Waals surface area contributed by atoms with Crippen LogP contribution in [0.4, 0.5) is 5.69 Å². The molecule has 4 nitrogen and oxygen atoms in total.